The van der Waals surface area contributed by atoms with Crippen LogP contribution in [0.15, 0.2) is 60.8 Å². The lowest BCUT2D eigenvalue weighted by Gasteiger charge is -2.21. The lowest BCUT2D eigenvalue weighted by atomic mass is 10.1. The van der Waals surface area contributed by atoms with Crippen LogP contribution in [0, 0.1) is 0 Å². The van der Waals surface area contributed by atoms with Gasteiger partial charge < -0.3 is 9.88 Å². The fraction of sp³-hybridized carbons (Fsp3) is 0.269. The van der Waals surface area contributed by atoms with Crippen LogP contribution in [-0.2, 0) is 17.6 Å². The van der Waals surface area contributed by atoms with E-state index in [1.54, 1.807) is 18.3 Å². The summed E-state index contributed by atoms with van der Waals surface area (Å²) >= 11 is 19.1. The summed E-state index contributed by atoms with van der Waals surface area (Å²) in [6, 6.07) is 16.5. The van der Waals surface area contributed by atoms with E-state index in [9.17, 15) is 4.79 Å². The molecule has 0 saturated carbocycles. The topological polar surface area (TPSA) is 59.8 Å². The Balaban J connectivity index is 1.69. The number of amides is 1. The summed E-state index contributed by atoms with van der Waals surface area (Å²) in [5.41, 5.74) is 3.33. The molecule has 1 amide bonds. The Kier molecular flexibility index (Phi) is 8.09. The lowest BCUT2D eigenvalue weighted by Crippen LogP contribution is -2.34. The third-order valence-electron chi connectivity index (χ3n) is 5.69. The summed E-state index contributed by atoms with van der Waals surface area (Å²) in [6.07, 6.45) is 4.36. The minimum atomic E-state index is -0.450. The molecule has 1 N–H and O–H groups in total. The highest BCUT2D eigenvalue weighted by Crippen LogP contribution is 2.33. The summed E-state index contributed by atoms with van der Waals surface area (Å²) in [6.45, 7) is 2.56. The van der Waals surface area contributed by atoms with Crippen molar-refractivity contribution >= 4 is 51.7 Å². The van der Waals surface area contributed by atoms with Crippen molar-refractivity contribution in [2.75, 3.05) is 6.54 Å². The highest BCUT2D eigenvalue weighted by molar-refractivity contribution is 6.42. The van der Waals surface area contributed by atoms with Crippen molar-refractivity contribution < 1.29 is 4.79 Å². The van der Waals surface area contributed by atoms with Gasteiger partial charge in [-0.1, -0.05) is 72.4 Å². The van der Waals surface area contributed by atoms with Gasteiger partial charge in [-0.3, -0.25) is 9.78 Å². The maximum Gasteiger partial charge on any atom is 0.243 e. The molecule has 0 aliphatic heterocycles. The Morgan fingerprint density at radius 1 is 1.03 bits per heavy atom. The number of halogens is 3. The first-order valence-corrected chi connectivity index (χ1v) is 12.4. The van der Waals surface area contributed by atoms with E-state index >= 15 is 0 Å². The number of carbonyl (C=O) groups is 1. The molecule has 4 aromatic rings. The second-order valence-electron chi connectivity index (χ2n) is 8.09. The van der Waals surface area contributed by atoms with Gasteiger partial charge in [0.1, 0.15) is 11.9 Å². The van der Waals surface area contributed by atoms with Gasteiger partial charge in [0.15, 0.2) is 0 Å². The molecular weight excluding hydrogens is 491 g/mol. The van der Waals surface area contributed by atoms with E-state index in [2.05, 4.69) is 17.2 Å². The van der Waals surface area contributed by atoms with E-state index < -0.39 is 6.04 Å². The number of pyridine rings is 1. The molecule has 2 aromatic carbocycles. The molecule has 176 valence electrons. The summed E-state index contributed by atoms with van der Waals surface area (Å²) in [5, 5.41) is 4.59. The second-order valence-corrected chi connectivity index (χ2v) is 9.31. The van der Waals surface area contributed by atoms with Gasteiger partial charge >= 0.3 is 0 Å². The number of fused-ring (bicyclic) bond motifs is 1. The van der Waals surface area contributed by atoms with Crippen LogP contribution in [-0.4, -0.2) is 27.0 Å². The maximum absolute atomic E-state index is 13.4. The zero-order valence-corrected chi connectivity index (χ0v) is 21.0. The molecule has 34 heavy (non-hydrogen) atoms. The van der Waals surface area contributed by atoms with Gasteiger partial charge in [-0.05, 0) is 42.3 Å². The van der Waals surface area contributed by atoms with E-state index in [1.165, 1.54) is 0 Å². The van der Waals surface area contributed by atoms with E-state index in [0.717, 1.165) is 29.0 Å². The molecule has 2 aromatic heterocycles. The summed E-state index contributed by atoms with van der Waals surface area (Å²) in [4.78, 5) is 22.6. The third kappa shape index (κ3) is 5.54. The number of hydrogen-bond donors (Lipinski definition) is 1. The van der Waals surface area contributed by atoms with Crippen LogP contribution in [0.5, 0.6) is 0 Å². The van der Waals surface area contributed by atoms with Gasteiger partial charge in [-0.25, -0.2) is 4.98 Å². The van der Waals surface area contributed by atoms with Gasteiger partial charge in [-0.15, -0.1) is 0 Å². The number of nitrogens with one attached hydrogen (secondary N) is 1. The maximum atomic E-state index is 13.4. The van der Waals surface area contributed by atoms with Gasteiger partial charge in [0.2, 0.25) is 5.91 Å². The first-order valence-electron chi connectivity index (χ1n) is 11.2. The summed E-state index contributed by atoms with van der Waals surface area (Å²) in [5.74, 6) is 0.670. The molecule has 0 fully saturated rings. The number of nitrogens with zero attached hydrogens (tertiary/aromatic N) is 3. The van der Waals surface area contributed by atoms with Crippen molar-refractivity contribution in [2.45, 2.75) is 38.6 Å². The third-order valence-corrected chi connectivity index (χ3v) is 6.78. The Hall–Kier alpha value is -2.60. The van der Waals surface area contributed by atoms with E-state index in [4.69, 9.17) is 39.8 Å². The zero-order chi connectivity index (χ0) is 24.1. The molecule has 8 heteroatoms. The fourth-order valence-electron chi connectivity index (χ4n) is 4.05. The molecular formula is C26H25Cl3N4O. The quantitative estimate of drug-likeness (QED) is 0.270. The fourth-order valence-corrected chi connectivity index (χ4v) is 4.57. The van der Waals surface area contributed by atoms with Crippen molar-refractivity contribution in [2.24, 2.45) is 0 Å². The highest BCUT2D eigenvalue weighted by atomic mass is 35.5. The molecule has 2 heterocycles. The Morgan fingerprint density at radius 2 is 1.79 bits per heavy atom. The Bertz CT molecular complexity index is 1290. The van der Waals surface area contributed by atoms with Gasteiger partial charge in [0.25, 0.3) is 0 Å². The summed E-state index contributed by atoms with van der Waals surface area (Å²) < 4.78 is 1.99. The molecule has 1 unspecified atom stereocenters. The monoisotopic (exact) mass is 514 g/mol. The summed E-state index contributed by atoms with van der Waals surface area (Å²) in [7, 11) is 0. The van der Waals surface area contributed by atoms with Crippen molar-refractivity contribution in [3.63, 3.8) is 0 Å². The van der Waals surface area contributed by atoms with Crippen LogP contribution in [0.3, 0.4) is 0 Å². The minimum absolute atomic E-state index is 0.0661. The largest absolute Gasteiger partial charge is 0.354 e. The standard InChI is InChI=1S/C26H25Cl3N4O/c1-2-7-23(26(34)31-13-11-18-9-5-6-12-30-18)33-24-16-21(29)20(28)15-22(24)32-25(33)14-17-8-3-4-10-19(17)27/h3-6,8-10,12,15-16,23H,2,7,11,13-14H2,1H3,(H,31,34). The number of aromatic nitrogens is 3. The van der Waals surface area contributed by atoms with Gasteiger partial charge in [0, 0.05) is 36.3 Å². The van der Waals surface area contributed by atoms with Crippen molar-refractivity contribution in [3.8, 4) is 0 Å². The van der Waals surface area contributed by atoms with Crippen LogP contribution in [0.25, 0.3) is 11.0 Å². The van der Waals surface area contributed by atoms with E-state index in [1.807, 2.05) is 47.0 Å². The predicted octanol–water partition coefficient (Wildman–Crippen LogP) is 6.68. The van der Waals surface area contributed by atoms with Crippen molar-refractivity contribution in [1.29, 1.82) is 0 Å². The molecule has 0 bridgehead atoms. The lowest BCUT2D eigenvalue weighted by molar-refractivity contribution is -0.124. The first kappa shape index (κ1) is 24.5. The SMILES string of the molecule is CCCC(C(=O)NCCc1ccccn1)n1c(Cc2ccccc2Cl)nc2cc(Cl)c(Cl)cc21. The highest BCUT2D eigenvalue weighted by Gasteiger charge is 2.26. The van der Waals surface area contributed by atoms with E-state index in [-0.39, 0.29) is 5.91 Å². The van der Waals surface area contributed by atoms with Crippen LogP contribution >= 0.6 is 34.8 Å². The average molecular weight is 516 g/mol. The van der Waals surface area contributed by atoms with Gasteiger partial charge in [0.05, 0.1) is 21.1 Å². The molecule has 0 saturated heterocycles. The number of rotatable bonds is 9. The Labute approximate surface area is 214 Å². The molecule has 0 spiro atoms. The number of carbonyl (C=O) groups excluding carboxylic acids is 1. The normalized spacial score (nSPS) is 12.1. The van der Waals surface area contributed by atoms with Crippen molar-refractivity contribution in [1.82, 2.24) is 19.9 Å². The van der Waals surface area contributed by atoms with Crippen LogP contribution in [0.4, 0.5) is 0 Å². The minimum Gasteiger partial charge on any atom is -0.354 e. The number of hydrogen-bond acceptors (Lipinski definition) is 3. The van der Waals surface area contributed by atoms with Crippen LogP contribution in [0.1, 0.15) is 42.9 Å². The predicted molar refractivity (Wildman–Crippen MR) is 139 cm³/mol. The van der Waals surface area contributed by atoms with E-state index in [0.29, 0.717) is 46.4 Å². The molecule has 1 atom stereocenters. The molecule has 0 aliphatic rings. The zero-order valence-electron chi connectivity index (χ0n) is 18.8. The van der Waals surface area contributed by atoms with Gasteiger partial charge in [-0.2, -0.15) is 0 Å². The molecule has 0 aliphatic carbocycles. The van der Waals surface area contributed by atoms with Crippen LogP contribution in [0.2, 0.25) is 15.1 Å². The van der Waals surface area contributed by atoms with Crippen molar-refractivity contribution in [3.05, 3.63) is 92.9 Å². The molecule has 5 nitrogen and oxygen atoms in total. The van der Waals surface area contributed by atoms with Crippen LogP contribution < -0.4 is 5.32 Å². The Morgan fingerprint density at radius 3 is 2.53 bits per heavy atom. The first-order chi connectivity index (χ1) is 16.5. The number of benzene rings is 2. The number of imidazole rings is 1. The second kappa shape index (κ2) is 11.2. The molecule has 0 radical (unpaired) electrons. The average Bonchev–Trinajstić information content (AvgIpc) is 3.16. The smallest absolute Gasteiger partial charge is 0.243 e. The molecule has 4 rings (SSSR count).